The Hall–Kier alpha value is -0.690. The largest absolute Gasteiger partial charge is 0.469 e. The zero-order valence-electron chi connectivity index (χ0n) is 11.7. The van der Waals surface area contributed by atoms with Crippen molar-refractivity contribution in [2.45, 2.75) is 56.6 Å². The number of rotatable bonds is 2. The van der Waals surface area contributed by atoms with Gasteiger partial charge >= 0.3 is 5.97 Å². The minimum atomic E-state index is -0.681. The standard InChI is InChI=1S/C13H20O6/c1-12(2)17-8-9(18-12)13(19-11(8)16-4)6-5-7(13)10(14)15-3/h7-9,11H,5-6H2,1-4H3/t7-,8?,9+,11?,13+/m0/s1. The molecule has 2 heterocycles. The fourth-order valence-corrected chi connectivity index (χ4v) is 3.41. The lowest BCUT2D eigenvalue weighted by atomic mass is 9.66. The number of hydrogen-bond donors (Lipinski definition) is 0. The van der Waals surface area contributed by atoms with Crippen LogP contribution in [-0.4, -0.2) is 50.1 Å². The molecule has 0 aromatic carbocycles. The lowest BCUT2D eigenvalue weighted by molar-refractivity contribution is -0.279. The van der Waals surface area contributed by atoms with E-state index in [1.807, 2.05) is 13.8 Å². The molecule has 0 bridgehead atoms. The Morgan fingerprint density at radius 1 is 1.21 bits per heavy atom. The second-order valence-electron chi connectivity index (χ2n) is 5.81. The molecule has 0 radical (unpaired) electrons. The molecule has 3 rings (SSSR count). The number of carbonyl (C=O) groups is 1. The van der Waals surface area contributed by atoms with Crippen LogP contribution in [0.5, 0.6) is 0 Å². The maximum Gasteiger partial charge on any atom is 0.311 e. The van der Waals surface area contributed by atoms with Crippen LogP contribution in [0, 0.1) is 5.92 Å². The zero-order chi connectivity index (χ0) is 13.8. The van der Waals surface area contributed by atoms with Crippen molar-refractivity contribution in [3.05, 3.63) is 0 Å². The van der Waals surface area contributed by atoms with E-state index in [2.05, 4.69) is 0 Å². The van der Waals surface area contributed by atoms with Crippen molar-refractivity contribution in [3.8, 4) is 0 Å². The summed E-state index contributed by atoms with van der Waals surface area (Å²) in [5.74, 6) is -1.24. The van der Waals surface area contributed by atoms with Crippen LogP contribution in [0.3, 0.4) is 0 Å². The van der Waals surface area contributed by atoms with Gasteiger partial charge in [0.15, 0.2) is 12.1 Å². The van der Waals surface area contributed by atoms with Gasteiger partial charge in [0.1, 0.15) is 17.8 Å². The summed E-state index contributed by atoms with van der Waals surface area (Å²) in [6, 6.07) is 0. The Balaban J connectivity index is 1.89. The second-order valence-corrected chi connectivity index (χ2v) is 5.81. The van der Waals surface area contributed by atoms with E-state index in [0.29, 0.717) is 0 Å². The van der Waals surface area contributed by atoms with E-state index in [1.54, 1.807) is 7.11 Å². The van der Waals surface area contributed by atoms with Gasteiger partial charge < -0.3 is 23.7 Å². The first-order valence-corrected chi connectivity index (χ1v) is 6.57. The maximum atomic E-state index is 11.9. The van der Waals surface area contributed by atoms with E-state index in [4.69, 9.17) is 23.7 Å². The quantitative estimate of drug-likeness (QED) is 0.694. The summed E-state index contributed by atoms with van der Waals surface area (Å²) < 4.78 is 27.9. The first kappa shape index (κ1) is 13.3. The van der Waals surface area contributed by atoms with Crippen molar-refractivity contribution in [2.24, 2.45) is 5.92 Å². The van der Waals surface area contributed by atoms with E-state index in [1.165, 1.54) is 7.11 Å². The molecule has 3 aliphatic rings. The minimum absolute atomic E-state index is 0.255. The fraction of sp³-hybridized carbons (Fsp3) is 0.923. The fourth-order valence-electron chi connectivity index (χ4n) is 3.41. The van der Waals surface area contributed by atoms with Gasteiger partial charge in [0.05, 0.1) is 13.0 Å². The number of carbonyl (C=O) groups excluding carboxylic acids is 1. The Morgan fingerprint density at radius 2 is 1.95 bits per heavy atom. The molecule has 0 aromatic rings. The van der Waals surface area contributed by atoms with E-state index in [-0.39, 0.29) is 24.1 Å². The summed E-state index contributed by atoms with van der Waals surface area (Å²) in [5.41, 5.74) is -0.661. The number of fused-ring (bicyclic) bond motifs is 2. The van der Waals surface area contributed by atoms with Crippen LogP contribution in [0.25, 0.3) is 0 Å². The van der Waals surface area contributed by atoms with Gasteiger partial charge in [0, 0.05) is 7.11 Å². The molecule has 3 fully saturated rings. The molecule has 2 unspecified atom stereocenters. The topological polar surface area (TPSA) is 63.2 Å². The van der Waals surface area contributed by atoms with Crippen molar-refractivity contribution in [1.29, 1.82) is 0 Å². The zero-order valence-corrected chi connectivity index (χ0v) is 11.7. The summed E-state index contributed by atoms with van der Waals surface area (Å²) in [6.07, 6.45) is 0.417. The van der Waals surface area contributed by atoms with Gasteiger partial charge in [0.25, 0.3) is 0 Å². The molecule has 19 heavy (non-hydrogen) atoms. The van der Waals surface area contributed by atoms with Gasteiger partial charge in [-0.1, -0.05) is 0 Å². The molecule has 6 heteroatoms. The highest BCUT2D eigenvalue weighted by atomic mass is 16.8. The normalized spacial score (nSPS) is 46.9. The smallest absolute Gasteiger partial charge is 0.311 e. The van der Waals surface area contributed by atoms with Crippen LogP contribution in [0.4, 0.5) is 0 Å². The van der Waals surface area contributed by atoms with Gasteiger partial charge in [-0.3, -0.25) is 4.79 Å². The lowest BCUT2D eigenvalue weighted by Crippen LogP contribution is -2.59. The molecule has 5 atom stereocenters. The summed E-state index contributed by atoms with van der Waals surface area (Å²) in [7, 11) is 2.96. The van der Waals surface area contributed by atoms with E-state index in [9.17, 15) is 4.79 Å². The van der Waals surface area contributed by atoms with Crippen LogP contribution in [0.2, 0.25) is 0 Å². The Bertz CT molecular complexity index is 395. The molecular weight excluding hydrogens is 252 g/mol. The van der Waals surface area contributed by atoms with E-state index >= 15 is 0 Å². The third-order valence-electron chi connectivity index (χ3n) is 4.35. The molecule has 0 aromatic heterocycles. The van der Waals surface area contributed by atoms with Gasteiger partial charge in [-0.15, -0.1) is 0 Å². The minimum Gasteiger partial charge on any atom is -0.469 e. The number of esters is 1. The molecule has 108 valence electrons. The monoisotopic (exact) mass is 272 g/mol. The van der Waals surface area contributed by atoms with E-state index < -0.39 is 17.7 Å². The third kappa shape index (κ3) is 1.74. The molecule has 2 saturated heterocycles. The Labute approximate surface area is 112 Å². The molecule has 0 N–H and O–H groups in total. The van der Waals surface area contributed by atoms with Crippen LogP contribution in [0.1, 0.15) is 26.7 Å². The van der Waals surface area contributed by atoms with Crippen molar-refractivity contribution >= 4 is 5.97 Å². The molecular formula is C13H20O6. The first-order valence-electron chi connectivity index (χ1n) is 6.57. The highest BCUT2D eigenvalue weighted by Crippen LogP contribution is 2.56. The predicted molar refractivity (Wildman–Crippen MR) is 63.2 cm³/mol. The summed E-state index contributed by atoms with van der Waals surface area (Å²) in [6.45, 7) is 3.72. The molecule has 1 spiro atoms. The van der Waals surface area contributed by atoms with Crippen molar-refractivity contribution in [2.75, 3.05) is 14.2 Å². The molecule has 1 saturated carbocycles. The molecule has 0 amide bonds. The van der Waals surface area contributed by atoms with E-state index in [0.717, 1.165) is 12.8 Å². The SMILES string of the molecule is COC(=O)[C@@H]1CC[C@@]12OC(OC)C1OC(C)(C)O[C@H]12. The van der Waals surface area contributed by atoms with Gasteiger partial charge in [-0.25, -0.2) is 0 Å². The van der Waals surface area contributed by atoms with Gasteiger partial charge in [-0.2, -0.15) is 0 Å². The van der Waals surface area contributed by atoms with Crippen LogP contribution in [-0.2, 0) is 28.5 Å². The predicted octanol–water partition coefficient (Wildman–Crippen LogP) is 0.831. The highest BCUT2D eigenvalue weighted by Gasteiger charge is 2.70. The summed E-state index contributed by atoms with van der Waals surface area (Å²) in [4.78, 5) is 11.9. The lowest BCUT2D eigenvalue weighted by Gasteiger charge is -2.47. The Kier molecular flexibility index (Phi) is 2.91. The second kappa shape index (κ2) is 4.15. The Morgan fingerprint density at radius 3 is 2.47 bits per heavy atom. The maximum absolute atomic E-state index is 11.9. The van der Waals surface area contributed by atoms with Crippen LogP contribution >= 0.6 is 0 Å². The molecule has 1 aliphatic carbocycles. The van der Waals surface area contributed by atoms with Gasteiger partial charge in [0.2, 0.25) is 0 Å². The number of methoxy groups -OCH3 is 2. The first-order chi connectivity index (χ1) is 8.93. The van der Waals surface area contributed by atoms with Crippen molar-refractivity contribution in [3.63, 3.8) is 0 Å². The number of ether oxygens (including phenoxy) is 5. The summed E-state index contributed by atoms with van der Waals surface area (Å²) in [5, 5.41) is 0. The van der Waals surface area contributed by atoms with Crippen molar-refractivity contribution < 1.29 is 28.5 Å². The molecule has 2 aliphatic heterocycles. The highest BCUT2D eigenvalue weighted by molar-refractivity contribution is 5.75. The average Bonchev–Trinajstić information content (AvgIpc) is 2.79. The average molecular weight is 272 g/mol. The van der Waals surface area contributed by atoms with Crippen LogP contribution in [0.15, 0.2) is 0 Å². The number of hydrogen-bond acceptors (Lipinski definition) is 6. The van der Waals surface area contributed by atoms with Crippen molar-refractivity contribution in [1.82, 2.24) is 0 Å². The van der Waals surface area contributed by atoms with Gasteiger partial charge in [-0.05, 0) is 26.7 Å². The summed E-state index contributed by atoms with van der Waals surface area (Å²) >= 11 is 0. The third-order valence-corrected chi connectivity index (χ3v) is 4.35. The van der Waals surface area contributed by atoms with Crippen LogP contribution < -0.4 is 0 Å². The molecule has 6 nitrogen and oxygen atoms in total.